The Kier molecular flexibility index (Phi) is 6.29. The molecular weight excluding hydrogens is 685 g/mol. The van der Waals surface area contributed by atoms with Crippen molar-refractivity contribution < 1.29 is 11.3 Å². The molecule has 0 unspecified atom stereocenters. The summed E-state index contributed by atoms with van der Waals surface area (Å²) in [5.74, 6) is 1.45. The van der Waals surface area contributed by atoms with E-state index in [1.807, 2.05) is 121 Å². The van der Waals surface area contributed by atoms with E-state index in [2.05, 4.69) is 47.0 Å². The van der Waals surface area contributed by atoms with Crippen LogP contribution in [-0.4, -0.2) is 19.5 Å². The predicted octanol–water partition coefficient (Wildman–Crippen LogP) is 13.2. The Labute approximate surface area is 329 Å². The number of aromatic nitrogens is 4. The molecule has 0 amide bonds. The van der Waals surface area contributed by atoms with Crippen molar-refractivity contribution in [3.05, 3.63) is 194 Å². The van der Waals surface area contributed by atoms with Crippen LogP contribution in [0.1, 0.15) is 6.85 Å². The molecule has 0 saturated carbocycles. The lowest BCUT2D eigenvalue weighted by molar-refractivity contribution is 0.666. The van der Waals surface area contributed by atoms with Crippen molar-refractivity contribution in [2.75, 3.05) is 0 Å². The molecule has 0 atom stereocenters. The first-order valence-electron chi connectivity index (χ1n) is 20.9. The van der Waals surface area contributed by atoms with Crippen LogP contribution in [0.15, 0.2) is 198 Å². The first-order valence-corrected chi connectivity index (χ1v) is 18.4. The third-order valence-electron chi connectivity index (χ3n) is 10.3. The van der Waals surface area contributed by atoms with Crippen LogP contribution in [0.3, 0.4) is 0 Å². The van der Waals surface area contributed by atoms with Gasteiger partial charge in [0, 0.05) is 38.2 Å². The van der Waals surface area contributed by atoms with Crippen LogP contribution < -0.4 is 0 Å². The van der Waals surface area contributed by atoms with Crippen LogP contribution in [0.4, 0.5) is 0 Å². The number of rotatable bonds is 6. The summed E-state index contributed by atoms with van der Waals surface area (Å²) in [5.41, 5.74) is 8.56. The van der Waals surface area contributed by atoms with Crippen molar-refractivity contribution in [2.24, 2.45) is 0 Å². The summed E-state index contributed by atoms with van der Waals surface area (Å²) in [4.78, 5) is 15.1. The van der Waals surface area contributed by atoms with Gasteiger partial charge >= 0.3 is 0 Å². The van der Waals surface area contributed by atoms with Gasteiger partial charge in [0.05, 0.1) is 23.6 Å². The highest BCUT2D eigenvalue weighted by atomic mass is 16.3. The van der Waals surface area contributed by atoms with Crippen molar-refractivity contribution in [3.63, 3.8) is 0 Å². The summed E-state index contributed by atoms with van der Waals surface area (Å²) in [7, 11) is 0. The van der Waals surface area contributed by atoms with E-state index in [1.165, 1.54) is 0 Å². The number of hydrogen-bond donors (Lipinski definition) is 0. The molecule has 5 heteroatoms. The molecule has 0 N–H and O–H groups in total. The predicted molar refractivity (Wildman–Crippen MR) is 229 cm³/mol. The van der Waals surface area contributed by atoms with Crippen LogP contribution in [0.25, 0.3) is 106 Å². The monoisotopic (exact) mass is 721 g/mol. The quantitative estimate of drug-likeness (QED) is 0.172. The molecule has 0 aliphatic carbocycles. The molecule has 3 heterocycles. The molecule has 0 fully saturated rings. The average molecular weight is 722 g/mol. The second kappa shape index (κ2) is 13.0. The molecule has 3 aromatic heterocycles. The van der Waals surface area contributed by atoms with Gasteiger partial charge in [-0.3, -0.25) is 0 Å². The van der Waals surface area contributed by atoms with Crippen molar-refractivity contribution >= 4 is 43.7 Å². The summed E-state index contributed by atoms with van der Waals surface area (Å²) in [6, 6.07) is 52.0. The van der Waals surface area contributed by atoms with Crippen molar-refractivity contribution in [1.82, 2.24) is 19.5 Å². The molecule has 0 radical (unpaired) electrons. The van der Waals surface area contributed by atoms with Gasteiger partial charge in [0.1, 0.15) is 5.58 Å². The largest absolute Gasteiger partial charge is 0.454 e. The number of fused-ring (bicyclic) bond motifs is 6. The molecule has 0 aliphatic heterocycles. The van der Waals surface area contributed by atoms with Gasteiger partial charge in [-0.2, -0.15) is 0 Å². The van der Waals surface area contributed by atoms with Gasteiger partial charge in [0.2, 0.25) is 0 Å². The zero-order chi connectivity index (χ0) is 41.4. The summed E-state index contributed by atoms with van der Waals surface area (Å²) < 4.78 is 53.0. The Bertz CT molecular complexity index is 3450. The lowest BCUT2D eigenvalue weighted by atomic mass is 9.99. The third-order valence-corrected chi connectivity index (χ3v) is 10.3. The Balaban J connectivity index is 1.27. The van der Waals surface area contributed by atoms with E-state index in [0.29, 0.717) is 56.2 Å². The lowest BCUT2D eigenvalue weighted by Crippen LogP contribution is -2.00. The highest BCUT2D eigenvalue weighted by molar-refractivity contribution is 6.17. The molecule has 0 aliphatic rings. The first kappa shape index (κ1) is 27.0. The van der Waals surface area contributed by atoms with Crippen molar-refractivity contribution in [3.8, 4) is 62.1 Å². The van der Waals surface area contributed by atoms with Gasteiger partial charge in [0.25, 0.3) is 0 Å². The van der Waals surface area contributed by atoms with Gasteiger partial charge in [-0.05, 0) is 52.6 Å². The van der Waals surface area contributed by atoms with E-state index < -0.39 is 18.1 Å². The minimum Gasteiger partial charge on any atom is -0.454 e. The molecule has 0 bridgehead atoms. The number of furan rings is 1. The van der Waals surface area contributed by atoms with Crippen LogP contribution in [0.5, 0.6) is 0 Å². The van der Waals surface area contributed by atoms with Gasteiger partial charge in [0.15, 0.2) is 23.1 Å². The fourth-order valence-corrected chi connectivity index (χ4v) is 7.77. The fourth-order valence-electron chi connectivity index (χ4n) is 7.77. The second-order valence-electron chi connectivity index (χ2n) is 13.6. The van der Waals surface area contributed by atoms with E-state index in [4.69, 9.17) is 26.2 Å². The standard InChI is InChI=1S/C51H32N4O/c1-5-16-33(17-6-1)37-28-29-40-39-24-13-14-26-43(39)55(44(40)31-37)45-32-38(34-18-7-2-8-19-34)30-42-47-41(25-15-27-46(47)56-48(42)45)51-53-49(35-20-9-3-10-21-35)52-50(54-51)36-22-11-4-12-23-36/h1-32H/i2D,7D,8D,18D,19D. The number of nitrogens with zero attached hydrogens (tertiary/aromatic N) is 4. The Morgan fingerprint density at radius 3 is 1.77 bits per heavy atom. The van der Waals surface area contributed by atoms with Crippen LogP contribution in [0.2, 0.25) is 0 Å². The molecule has 56 heavy (non-hydrogen) atoms. The summed E-state index contributed by atoms with van der Waals surface area (Å²) in [6.07, 6.45) is 0. The normalized spacial score (nSPS) is 12.8. The maximum absolute atomic E-state index is 9.10. The molecule has 11 rings (SSSR count). The van der Waals surface area contributed by atoms with Crippen LogP contribution in [-0.2, 0) is 0 Å². The van der Waals surface area contributed by atoms with Crippen molar-refractivity contribution in [2.45, 2.75) is 0 Å². The van der Waals surface area contributed by atoms with Crippen molar-refractivity contribution in [1.29, 1.82) is 0 Å². The third kappa shape index (κ3) is 5.29. The summed E-state index contributed by atoms with van der Waals surface area (Å²) >= 11 is 0. The SMILES string of the molecule is [2H]c1c([2H])c([2H])c(-c2cc(-n3c4ccccc4c4ccc(-c5ccccc5)cc43)c3oc4cccc(-c5nc(-c6ccccc6)nc(-c6ccccc6)n5)c4c3c2)c([2H])c1[2H]. The lowest BCUT2D eigenvalue weighted by Gasteiger charge is -2.13. The maximum Gasteiger partial charge on any atom is 0.164 e. The van der Waals surface area contributed by atoms with Gasteiger partial charge in [-0.15, -0.1) is 0 Å². The van der Waals surface area contributed by atoms with E-state index in [-0.39, 0.29) is 17.6 Å². The molecule has 11 aromatic rings. The smallest absolute Gasteiger partial charge is 0.164 e. The Hall–Kier alpha value is -7.63. The molecule has 5 nitrogen and oxygen atoms in total. The van der Waals surface area contributed by atoms with Gasteiger partial charge < -0.3 is 8.98 Å². The van der Waals surface area contributed by atoms with E-state index >= 15 is 0 Å². The Morgan fingerprint density at radius 2 is 1.05 bits per heavy atom. The first-order chi connectivity index (χ1) is 29.8. The zero-order valence-electron chi connectivity index (χ0n) is 34.8. The minimum absolute atomic E-state index is 0.0876. The highest BCUT2D eigenvalue weighted by Crippen LogP contribution is 2.44. The maximum atomic E-state index is 9.10. The van der Waals surface area contributed by atoms with E-state index in [0.717, 1.165) is 44.1 Å². The van der Waals surface area contributed by atoms with Crippen LogP contribution >= 0.6 is 0 Å². The summed E-state index contributed by atoms with van der Waals surface area (Å²) in [6.45, 7) is 0. The fraction of sp³-hybridized carbons (Fsp3) is 0. The number of para-hydroxylation sites is 1. The average Bonchev–Trinajstić information content (AvgIpc) is 3.86. The second-order valence-corrected chi connectivity index (χ2v) is 13.6. The molecule has 262 valence electrons. The summed E-state index contributed by atoms with van der Waals surface area (Å²) in [5, 5.41) is 3.43. The molecule has 0 spiro atoms. The number of hydrogen-bond acceptors (Lipinski definition) is 4. The molecule has 0 saturated heterocycles. The van der Waals surface area contributed by atoms with Crippen LogP contribution in [0, 0.1) is 0 Å². The highest BCUT2D eigenvalue weighted by Gasteiger charge is 2.23. The zero-order valence-corrected chi connectivity index (χ0v) is 29.8. The topological polar surface area (TPSA) is 56.7 Å². The molecule has 8 aromatic carbocycles. The Morgan fingerprint density at radius 1 is 0.429 bits per heavy atom. The van der Waals surface area contributed by atoms with Gasteiger partial charge in [-0.1, -0.05) is 164 Å². The van der Waals surface area contributed by atoms with E-state index in [9.17, 15) is 0 Å². The van der Waals surface area contributed by atoms with Gasteiger partial charge in [-0.25, -0.2) is 15.0 Å². The van der Waals surface area contributed by atoms with E-state index in [1.54, 1.807) is 0 Å². The number of benzene rings is 8. The molecular formula is C51H32N4O. The minimum atomic E-state index is -0.454.